The van der Waals surface area contributed by atoms with Gasteiger partial charge in [-0.1, -0.05) is 135 Å². The van der Waals surface area contributed by atoms with E-state index < -0.39 is 0 Å². The maximum atomic E-state index is 9.40. The Kier molecular flexibility index (Phi) is 18.9. The van der Waals surface area contributed by atoms with E-state index in [1.54, 1.807) is 12.1 Å². The minimum Gasteiger partial charge on any atom is -0.508 e. The summed E-state index contributed by atoms with van der Waals surface area (Å²) in [6, 6.07) is 7.07. The molecule has 0 aliphatic heterocycles. The van der Waals surface area contributed by atoms with Gasteiger partial charge in [0.2, 0.25) is 0 Å². The summed E-state index contributed by atoms with van der Waals surface area (Å²) in [6.45, 7) is 3.05. The molecular formula is C28H50O2. The fraction of sp³-hybridized carbons (Fsp3) is 0.786. The van der Waals surface area contributed by atoms with E-state index >= 15 is 0 Å². The molecule has 1 rings (SSSR count). The number of unbranched alkanes of at least 4 members (excludes halogenated alkanes) is 19. The monoisotopic (exact) mass is 418 g/mol. The van der Waals surface area contributed by atoms with Crippen LogP contribution < -0.4 is 4.74 Å². The lowest BCUT2D eigenvalue weighted by molar-refractivity contribution is 0.302. The van der Waals surface area contributed by atoms with Crippen LogP contribution in [0.4, 0.5) is 0 Å². The van der Waals surface area contributed by atoms with Gasteiger partial charge in [0.05, 0.1) is 6.61 Å². The Balaban J connectivity index is 1.69. The van der Waals surface area contributed by atoms with Gasteiger partial charge in [-0.3, -0.25) is 0 Å². The molecule has 0 spiro atoms. The van der Waals surface area contributed by atoms with Crippen molar-refractivity contribution in [3.63, 3.8) is 0 Å². The summed E-state index contributed by atoms with van der Waals surface area (Å²) in [4.78, 5) is 0. The number of ether oxygens (including phenoxy) is 1. The van der Waals surface area contributed by atoms with E-state index in [9.17, 15) is 5.11 Å². The van der Waals surface area contributed by atoms with Gasteiger partial charge in [0.25, 0.3) is 0 Å². The Labute approximate surface area is 187 Å². The topological polar surface area (TPSA) is 29.5 Å². The molecular weight excluding hydrogens is 368 g/mol. The SMILES string of the molecule is CCCCCCCCCCCCCCCCCCCCCCOc1cccc(O)c1. The first-order valence-electron chi connectivity index (χ1n) is 13.2. The molecule has 1 N–H and O–H groups in total. The fourth-order valence-corrected chi connectivity index (χ4v) is 4.12. The number of hydrogen-bond donors (Lipinski definition) is 1. The molecule has 0 aliphatic rings. The van der Waals surface area contributed by atoms with Crippen LogP contribution in [-0.2, 0) is 0 Å². The van der Waals surface area contributed by atoms with E-state index in [4.69, 9.17) is 4.74 Å². The molecule has 0 fully saturated rings. The molecule has 0 saturated heterocycles. The van der Waals surface area contributed by atoms with Crippen LogP contribution in [0.5, 0.6) is 11.5 Å². The summed E-state index contributed by atoms with van der Waals surface area (Å²) in [7, 11) is 0. The van der Waals surface area contributed by atoms with E-state index in [0.717, 1.165) is 18.8 Å². The molecule has 0 radical (unpaired) electrons. The molecule has 1 aromatic carbocycles. The summed E-state index contributed by atoms with van der Waals surface area (Å²) in [5, 5.41) is 9.40. The minimum atomic E-state index is 0.274. The average Bonchev–Trinajstić information content (AvgIpc) is 2.75. The van der Waals surface area contributed by atoms with E-state index in [-0.39, 0.29) is 5.75 Å². The van der Waals surface area contributed by atoms with Crippen molar-refractivity contribution < 1.29 is 9.84 Å². The van der Waals surface area contributed by atoms with Crippen molar-refractivity contribution in [1.82, 2.24) is 0 Å². The highest BCUT2D eigenvalue weighted by atomic mass is 16.5. The van der Waals surface area contributed by atoms with Gasteiger partial charge in [-0.2, -0.15) is 0 Å². The first-order valence-corrected chi connectivity index (χ1v) is 13.2. The zero-order chi connectivity index (χ0) is 21.5. The summed E-state index contributed by atoms with van der Waals surface area (Å²) in [5.74, 6) is 1.05. The van der Waals surface area contributed by atoms with E-state index in [2.05, 4.69) is 6.92 Å². The Morgan fingerprint density at radius 3 is 1.37 bits per heavy atom. The zero-order valence-corrected chi connectivity index (χ0v) is 20.0. The molecule has 0 aliphatic carbocycles. The van der Waals surface area contributed by atoms with Gasteiger partial charge in [-0.05, 0) is 18.6 Å². The number of benzene rings is 1. The lowest BCUT2D eigenvalue weighted by Crippen LogP contribution is -1.97. The third-order valence-corrected chi connectivity index (χ3v) is 6.08. The summed E-state index contributed by atoms with van der Waals surface area (Å²) >= 11 is 0. The predicted molar refractivity (Wildman–Crippen MR) is 132 cm³/mol. The second-order valence-electron chi connectivity index (χ2n) is 9.06. The third kappa shape index (κ3) is 17.7. The first kappa shape index (κ1) is 26.9. The van der Waals surface area contributed by atoms with Crippen molar-refractivity contribution in [3.8, 4) is 11.5 Å². The third-order valence-electron chi connectivity index (χ3n) is 6.08. The quantitative estimate of drug-likeness (QED) is 0.190. The molecule has 0 unspecified atom stereocenters. The van der Waals surface area contributed by atoms with Crippen LogP contribution >= 0.6 is 0 Å². The maximum Gasteiger partial charge on any atom is 0.122 e. The van der Waals surface area contributed by atoms with Crippen LogP contribution in [0.1, 0.15) is 135 Å². The predicted octanol–water partition coefficient (Wildman–Crippen LogP) is 9.59. The van der Waals surface area contributed by atoms with Crippen LogP contribution in [0.25, 0.3) is 0 Å². The summed E-state index contributed by atoms with van der Waals surface area (Å²) in [6.07, 6.45) is 28.1. The number of phenolic OH excluding ortho intramolecular Hbond substituents is 1. The number of rotatable bonds is 22. The van der Waals surface area contributed by atoms with Gasteiger partial charge in [-0.15, -0.1) is 0 Å². The molecule has 0 atom stereocenters. The molecule has 1 aromatic rings. The molecule has 174 valence electrons. The first-order chi connectivity index (χ1) is 14.8. The molecule has 2 heteroatoms. The van der Waals surface area contributed by atoms with Crippen LogP contribution in [0.3, 0.4) is 0 Å². The average molecular weight is 419 g/mol. The van der Waals surface area contributed by atoms with Crippen molar-refractivity contribution in [3.05, 3.63) is 24.3 Å². The number of phenols is 1. The second kappa shape index (κ2) is 21.1. The van der Waals surface area contributed by atoms with Crippen molar-refractivity contribution in [1.29, 1.82) is 0 Å². The van der Waals surface area contributed by atoms with Gasteiger partial charge in [-0.25, -0.2) is 0 Å². The van der Waals surface area contributed by atoms with E-state index in [1.807, 2.05) is 12.1 Å². The molecule has 2 nitrogen and oxygen atoms in total. The van der Waals surface area contributed by atoms with E-state index in [1.165, 1.54) is 122 Å². The lowest BCUT2D eigenvalue weighted by Gasteiger charge is -2.06. The lowest BCUT2D eigenvalue weighted by atomic mass is 10.0. The van der Waals surface area contributed by atoms with Crippen LogP contribution in [0.2, 0.25) is 0 Å². The molecule has 0 heterocycles. The van der Waals surface area contributed by atoms with Crippen molar-refractivity contribution in [2.24, 2.45) is 0 Å². The van der Waals surface area contributed by atoms with Gasteiger partial charge < -0.3 is 9.84 Å². The van der Waals surface area contributed by atoms with Crippen molar-refractivity contribution in [2.45, 2.75) is 135 Å². The highest BCUT2D eigenvalue weighted by Gasteiger charge is 1.97. The zero-order valence-electron chi connectivity index (χ0n) is 20.0. The minimum absolute atomic E-state index is 0.274. The normalized spacial score (nSPS) is 11.1. The number of hydrogen-bond acceptors (Lipinski definition) is 2. The van der Waals surface area contributed by atoms with Crippen molar-refractivity contribution in [2.75, 3.05) is 6.61 Å². The second-order valence-corrected chi connectivity index (χ2v) is 9.06. The van der Waals surface area contributed by atoms with Gasteiger partial charge >= 0.3 is 0 Å². The van der Waals surface area contributed by atoms with Crippen LogP contribution in [0.15, 0.2) is 24.3 Å². The molecule has 0 aromatic heterocycles. The van der Waals surface area contributed by atoms with Gasteiger partial charge in [0, 0.05) is 6.07 Å². The Bertz CT molecular complexity index is 471. The Hall–Kier alpha value is -1.18. The van der Waals surface area contributed by atoms with Crippen LogP contribution in [0, 0.1) is 0 Å². The maximum absolute atomic E-state index is 9.40. The standard InChI is InChI=1S/C28H50O2/c1-2-3-4-5-6-7-8-9-10-11-12-13-14-15-16-17-18-19-20-21-25-30-28-24-22-23-27(29)26-28/h22-24,26,29H,2-21,25H2,1H3. The van der Waals surface area contributed by atoms with Gasteiger partial charge in [0.1, 0.15) is 11.5 Å². The summed E-state index contributed by atoms with van der Waals surface area (Å²) < 4.78 is 5.66. The van der Waals surface area contributed by atoms with Crippen molar-refractivity contribution >= 4 is 0 Å². The molecule has 30 heavy (non-hydrogen) atoms. The summed E-state index contributed by atoms with van der Waals surface area (Å²) in [5.41, 5.74) is 0. The van der Waals surface area contributed by atoms with Gasteiger partial charge in [0.15, 0.2) is 0 Å². The molecule has 0 bridgehead atoms. The fourth-order valence-electron chi connectivity index (χ4n) is 4.12. The van der Waals surface area contributed by atoms with Crippen LogP contribution in [-0.4, -0.2) is 11.7 Å². The Morgan fingerprint density at radius 2 is 0.967 bits per heavy atom. The van der Waals surface area contributed by atoms with E-state index in [0.29, 0.717) is 0 Å². The smallest absolute Gasteiger partial charge is 0.122 e. The molecule has 0 amide bonds. The Morgan fingerprint density at radius 1 is 0.567 bits per heavy atom. The largest absolute Gasteiger partial charge is 0.508 e. The number of aromatic hydroxyl groups is 1. The highest BCUT2D eigenvalue weighted by molar-refractivity contribution is 5.31. The molecule has 0 saturated carbocycles. The highest BCUT2D eigenvalue weighted by Crippen LogP contribution is 2.18.